The predicted molar refractivity (Wildman–Crippen MR) is 71.1 cm³/mol. The van der Waals surface area contributed by atoms with Crippen LogP contribution < -0.4 is 25.8 Å². The third kappa shape index (κ3) is 3.73. The van der Waals surface area contributed by atoms with Crippen molar-refractivity contribution in [2.24, 2.45) is 0 Å². The van der Waals surface area contributed by atoms with Gasteiger partial charge in [0.2, 0.25) is 5.91 Å². The molecule has 0 aromatic heterocycles. The minimum absolute atomic E-state index is 0.0583. The molecule has 0 spiro atoms. The molecule has 6 nitrogen and oxygen atoms in total. The zero-order chi connectivity index (χ0) is 13.5. The first-order chi connectivity index (χ1) is 8.58. The third-order valence-corrected chi connectivity index (χ3v) is 2.37. The Kier molecular flexibility index (Phi) is 5.10. The number of methoxy groups -OCH3 is 2. The normalized spacial score (nSPS) is 9.72. The topological polar surface area (TPSA) is 85.6 Å². The van der Waals surface area contributed by atoms with Crippen molar-refractivity contribution < 1.29 is 14.3 Å². The second-order valence-electron chi connectivity index (χ2n) is 3.70. The number of hydrogen-bond acceptors (Lipinski definition) is 5. The monoisotopic (exact) mass is 253 g/mol. The van der Waals surface area contributed by atoms with E-state index >= 15 is 0 Å². The maximum atomic E-state index is 10.7. The van der Waals surface area contributed by atoms with Gasteiger partial charge in [0, 0.05) is 32.1 Å². The molecule has 0 fully saturated rings. The zero-order valence-corrected chi connectivity index (χ0v) is 10.9. The van der Waals surface area contributed by atoms with E-state index in [4.69, 9.17) is 15.2 Å². The summed E-state index contributed by atoms with van der Waals surface area (Å²) in [6.07, 6.45) is 0. The first-order valence-electron chi connectivity index (χ1n) is 5.58. The van der Waals surface area contributed by atoms with E-state index in [9.17, 15) is 4.79 Å². The highest BCUT2D eigenvalue weighted by atomic mass is 16.5. The Balaban J connectivity index is 2.68. The molecule has 6 heteroatoms. The van der Waals surface area contributed by atoms with Crippen LogP contribution in [0.1, 0.15) is 6.92 Å². The summed E-state index contributed by atoms with van der Waals surface area (Å²) >= 11 is 0. The van der Waals surface area contributed by atoms with E-state index in [0.29, 0.717) is 30.3 Å². The van der Waals surface area contributed by atoms with Crippen LogP contribution in [-0.2, 0) is 4.79 Å². The molecule has 0 unspecified atom stereocenters. The molecule has 1 aromatic carbocycles. The molecule has 1 aromatic rings. The summed E-state index contributed by atoms with van der Waals surface area (Å²) in [5, 5.41) is 5.81. The van der Waals surface area contributed by atoms with Crippen LogP contribution in [0.3, 0.4) is 0 Å². The van der Waals surface area contributed by atoms with E-state index in [2.05, 4.69) is 10.6 Å². The molecule has 0 saturated heterocycles. The largest absolute Gasteiger partial charge is 0.493 e. The molecule has 0 heterocycles. The Labute approximate surface area is 106 Å². The average molecular weight is 253 g/mol. The van der Waals surface area contributed by atoms with Crippen LogP contribution in [0.15, 0.2) is 12.1 Å². The predicted octanol–water partition coefficient (Wildman–Crippen LogP) is 0.834. The van der Waals surface area contributed by atoms with E-state index in [0.717, 1.165) is 5.69 Å². The first-order valence-corrected chi connectivity index (χ1v) is 5.58. The molecule has 18 heavy (non-hydrogen) atoms. The smallest absolute Gasteiger partial charge is 0.216 e. The quantitative estimate of drug-likeness (QED) is 0.516. The van der Waals surface area contributed by atoms with E-state index in [1.807, 2.05) is 0 Å². The van der Waals surface area contributed by atoms with Gasteiger partial charge >= 0.3 is 0 Å². The fraction of sp³-hybridized carbons (Fsp3) is 0.417. The summed E-state index contributed by atoms with van der Waals surface area (Å²) in [6.45, 7) is 2.59. The van der Waals surface area contributed by atoms with E-state index < -0.39 is 0 Å². The zero-order valence-electron chi connectivity index (χ0n) is 10.9. The lowest BCUT2D eigenvalue weighted by molar-refractivity contribution is -0.118. The molecular formula is C12H19N3O3. The number of rotatable bonds is 6. The Hall–Kier alpha value is -2.11. The summed E-state index contributed by atoms with van der Waals surface area (Å²) in [5.41, 5.74) is 7.19. The number of carbonyl (C=O) groups is 1. The van der Waals surface area contributed by atoms with Crippen LogP contribution in [0.2, 0.25) is 0 Å². The highest BCUT2D eigenvalue weighted by Crippen LogP contribution is 2.34. The molecule has 4 N–H and O–H groups in total. The lowest BCUT2D eigenvalue weighted by Crippen LogP contribution is -2.26. The van der Waals surface area contributed by atoms with Gasteiger partial charge in [-0.2, -0.15) is 0 Å². The molecule has 0 aliphatic heterocycles. The van der Waals surface area contributed by atoms with Gasteiger partial charge in [-0.1, -0.05) is 0 Å². The molecule has 0 aliphatic rings. The molecule has 1 amide bonds. The Morgan fingerprint density at radius 3 is 2.39 bits per heavy atom. The number of anilines is 2. The molecule has 0 atom stereocenters. The van der Waals surface area contributed by atoms with Gasteiger partial charge in [0.25, 0.3) is 0 Å². The molecule has 0 radical (unpaired) electrons. The Bertz CT molecular complexity index is 421. The summed E-state index contributed by atoms with van der Waals surface area (Å²) < 4.78 is 10.3. The van der Waals surface area contributed by atoms with Crippen molar-refractivity contribution in [1.29, 1.82) is 0 Å². The number of benzene rings is 1. The summed E-state index contributed by atoms with van der Waals surface area (Å²) in [6, 6.07) is 3.46. The van der Waals surface area contributed by atoms with Crippen LogP contribution >= 0.6 is 0 Å². The van der Waals surface area contributed by atoms with E-state index in [1.54, 1.807) is 26.4 Å². The highest BCUT2D eigenvalue weighted by Gasteiger charge is 2.08. The number of hydrogen-bond donors (Lipinski definition) is 3. The number of nitrogen functional groups attached to an aromatic ring is 1. The minimum atomic E-state index is -0.0583. The third-order valence-electron chi connectivity index (χ3n) is 2.37. The van der Waals surface area contributed by atoms with Gasteiger partial charge in [0.15, 0.2) is 11.5 Å². The maximum Gasteiger partial charge on any atom is 0.216 e. The van der Waals surface area contributed by atoms with Crippen molar-refractivity contribution in [3.05, 3.63) is 12.1 Å². The van der Waals surface area contributed by atoms with Gasteiger partial charge in [-0.3, -0.25) is 4.79 Å². The molecule has 0 bridgehead atoms. The van der Waals surface area contributed by atoms with Crippen molar-refractivity contribution in [2.45, 2.75) is 6.92 Å². The van der Waals surface area contributed by atoms with Crippen LogP contribution in [0.4, 0.5) is 11.4 Å². The Morgan fingerprint density at radius 2 is 1.83 bits per heavy atom. The van der Waals surface area contributed by atoms with Crippen molar-refractivity contribution in [3.63, 3.8) is 0 Å². The average Bonchev–Trinajstić information content (AvgIpc) is 2.35. The number of nitrogens with two attached hydrogens (primary N) is 1. The number of amides is 1. The fourth-order valence-corrected chi connectivity index (χ4v) is 1.48. The van der Waals surface area contributed by atoms with Gasteiger partial charge in [-0.05, 0) is 0 Å². The molecule has 1 rings (SSSR count). The van der Waals surface area contributed by atoms with Crippen LogP contribution in [-0.4, -0.2) is 33.2 Å². The fourth-order valence-electron chi connectivity index (χ4n) is 1.48. The first kappa shape index (κ1) is 14.0. The van der Waals surface area contributed by atoms with Gasteiger partial charge in [-0.15, -0.1) is 0 Å². The lowest BCUT2D eigenvalue weighted by Gasteiger charge is -2.14. The van der Waals surface area contributed by atoms with Gasteiger partial charge in [0.1, 0.15) is 0 Å². The SMILES string of the molecule is COc1cc(N)c(NCCNC(C)=O)cc1OC. The van der Waals surface area contributed by atoms with E-state index in [-0.39, 0.29) is 5.91 Å². The number of ether oxygens (including phenoxy) is 2. The maximum absolute atomic E-state index is 10.7. The lowest BCUT2D eigenvalue weighted by atomic mass is 10.2. The minimum Gasteiger partial charge on any atom is -0.493 e. The second kappa shape index (κ2) is 6.58. The van der Waals surface area contributed by atoms with Crippen molar-refractivity contribution in [2.75, 3.05) is 38.4 Å². The Morgan fingerprint density at radius 1 is 1.22 bits per heavy atom. The van der Waals surface area contributed by atoms with Gasteiger partial charge < -0.3 is 25.8 Å². The molecule has 0 saturated carbocycles. The molecule has 0 aliphatic carbocycles. The van der Waals surface area contributed by atoms with E-state index in [1.165, 1.54) is 6.92 Å². The highest BCUT2D eigenvalue weighted by molar-refractivity contribution is 5.73. The molecular weight excluding hydrogens is 234 g/mol. The van der Waals surface area contributed by atoms with Crippen LogP contribution in [0.5, 0.6) is 11.5 Å². The number of nitrogens with one attached hydrogen (secondary N) is 2. The summed E-state index contributed by atoms with van der Waals surface area (Å²) in [4.78, 5) is 10.7. The number of carbonyl (C=O) groups excluding carboxylic acids is 1. The van der Waals surface area contributed by atoms with Crippen molar-refractivity contribution in [1.82, 2.24) is 5.32 Å². The van der Waals surface area contributed by atoms with Crippen LogP contribution in [0.25, 0.3) is 0 Å². The summed E-state index contributed by atoms with van der Waals surface area (Å²) in [5.74, 6) is 1.13. The summed E-state index contributed by atoms with van der Waals surface area (Å²) in [7, 11) is 3.12. The van der Waals surface area contributed by atoms with Crippen molar-refractivity contribution in [3.8, 4) is 11.5 Å². The van der Waals surface area contributed by atoms with Crippen LogP contribution in [0, 0.1) is 0 Å². The van der Waals surface area contributed by atoms with Crippen molar-refractivity contribution >= 4 is 17.3 Å². The standard InChI is InChI=1S/C12H19N3O3/c1-8(16)14-4-5-15-10-7-12(18-3)11(17-2)6-9(10)13/h6-7,15H,4-5,13H2,1-3H3,(H,14,16). The molecule has 100 valence electrons. The second-order valence-corrected chi connectivity index (χ2v) is 3.70. The van der Waals surface area contributed by atoms with Gasteiger partial charge in [-0.25, -0.2) is 0 Å². The van der Waals surface area contributed by atoms with Gasteiger partial charge in [0.05, 0.1) is 25.6 Å².